The van der Waals surface area contributed by atoms with E-state index in [1.165, 1.54) is 86.1 Å². The zero-order valence-corrected chi connectivity index (χ0v) is 34.1. The van der Waals surface area contributed by atoms with Gasteiger partial charge in [0.15, 0.2) is 0 Å². The van der Waals surface area contributed by atoms with Crippen LogP contribution in [0.15, 0.2) is 231 Å². The summed E-state index contributed by atoms with van der Waals surface area (Å²) in [6.45, 7) is 0. The van der Waals surface area contributed by atoms with Crippen LogP contribution in [0.3, 0.4) is 0 Å². The molecular weight excluding hydrogens is 757 g/mol. The number of hydrogen-bond acceptors (Lipinski definition) is 2. The van der Waals surface area contributed by atoms with Crippen LogP contribution < -0.4 is 4.90 Å². The van der Waals surface area contributed by atoms with Gasteiger partial charge in [-0.25, -0.2) is 0 Å². The van der Waals surface area contributed by atoms with Gasteiger partial charge in [0.05, 0.1) is 16.7 Å². The molecule has 3 heteroatoms. The van der Waals surface area contributed by atoms with E-state index in [1.54, 1.807) is 0 Å². The van der Waals surface area contributed by atoms with Crippen LogP contribution in [-0.4, -0.2) is 4.57 Å². The third-order valence-corrected chi connectivity index (χ3v) is 13.3. The van der Waals surface area contributed by atoms with Crippen molar-refractivity contribution in [3.8, 4) is 39.1 Å². The van der Waals surface area contributed by atoms with Crippen molar-refractivity contribution in [1.29, 1.82) is 0 Å². The minimum absolute atomic E-state index is 1.08. The van der Waals surface area contributed by atoms with E-state index >= 15 is 0 Å². The fourth-order valence-electron chi connectivity index (χ4n) is 9.42. The molecule has 0 atom stereocenters. The first kappa shape index (κ1) is 35.2. The zero-order valence-electron chi connectivity index (χ0n) is 33.2. The molecule has 0 radical (unpaired) electrons. The molecule has 12 aromatic rings. The number of para-hydroxylation sites is 3. The predicted molar refractivity (Wildman–Crippen MR) is 262 cm³/mol. The van der Waals surface area contributed by atoms with E-state index in [9.17, 15) is 0 Å². The summed E-state index contributed by atoms with van der Waals surface area (Å²) in [5, 5.41) is 7.63. The van der Waals surface area contributed by atoms with Crippen LogP contribution in [0.25, 0.3) is 91.8 Å². The molecule has 0 bridgehead atoms. The molecule has 0 unspecified atom stereocenters. The number of thiophene rings is 1. The standard InChI is InChI=1S/C58H38N2S/c1-2-18-46-41(14-1)15-11-23-47(46)42-32-30-39(31-33-42)40-34-36-43(37-35-40)59(44-16-12-17-45(38-44)60-54-26-8-3-19-48(54)49-20-4-9-27-55(49)60)53-25-7-5-21-50(53)51-24-13-29-57-58(51)52-22-6-10-28-56(52)61-57/h1-38H. The monoisotopic (exact) mass is 794 g/mol. The lowest BCUT2D eigenvalue weighted by Gasteiger charge is -2.29. The fourth-order valence-corrected chi connectivity index (χ4v) is 10.5. The number of fused-ring (bicyclic) bond motifs is 7. The van der Waals surface area contributed by atoms with Crippen LogP contribution in [0, 0.1) is 0 Å². The van der Waals surface area contributed by atoms with Crippen LogP contribution in [-0.2, 0) is 0 Å². The third-order valence-electron chi connectivity index (χ3n) is 12.2. The Morgan fingerprint density at radius 1 is 0.344 bits per heavy atom. The largest absolute Gasteiger partial charge is 0.310 e. The molecule has 0 N–H and O–H groups in total. The highest BCUT2D eigenvalue weighted by molar-refractivity contribution is 7.25. The molecule has 2 aromatic heterocycles. The van der Waals surface area contributed by atoms with Crippen molar-refractivity contribution in [1.82, 2.24) is 4.57 Å². The minimum atomic E-state index is 1.08. The van der Waals surface area contributed by atoms with Crippen LogP contribution in [0.5, 0.6) is 0 Å². The maximum absolute atomic E-state index is 2.44. The SMILES string of the molecule is c1cc(N(c2ccc(-c3ccc(-c4cccc5ccccc45)cc3)cc2)c2ccccc2-c2cccc3sc4ccccc4c23)cc(-n2c3ccccc3c3ccccc32)c1. The molecule has 0 aliphatic carbocycles. The number of hydrogen-bond donors (Lipinski definition) is 0. The van der Waals surface area contributed by atoms with E-state index < -0.39 is 0 Å². The van der Waals surface area contributed by atoms with Crippen LogP contribution in [0.1, 0.15) is 0 Å². The van der Waals surface area contributed by atoms with Gasteiger partial charge in [-0.1, -0.05) is 170 Å². The second-order valence-corrected chi connectivity index (χ2v) is 16.8. The normalized spacial score (nSPS) is 11.6. The van der Waals surface area contributed by atoms with Crippen molar-refractivity contribution in [3.05, 3.63) is 231 Å². The second-order valence-electron chi connectivity index (χ2n) is 15.7. The number of benzene rings is 10. The summed E-state index contributed by atoms with van der Waals surface area (Å²) in [5.74, 6) is 0. The molecule has 0 aliphatic heterocycles. The number of nitrogens with zero attached hydrogens (tertiary/aromatic N) is 2. The Labute approximate surface area is 358 Å². The first-order chi connectivity index (χ1) is 30.3. The molecule has 0 spiro atoms. The molecule has 61 heavy (non-hydrogen) atoms. The molecule has 0 fully saturated rings. The van der Waals surface area contributed by atoms with Crippen molar-refractivity contribution < 1.29 is 0 Å². The zero-order chi connectivity index (χ0) is 40.3. The number of aromatic nitrogens is 1. The van der Waals surface area contributed by atoms with E-state index in [2.05, 4.69) is 240 Å². The molecule has 0 amide bonds. The van der Waals surface area contributed by atoms with Gasteiger partial charge in [-0.3, -0.25) is 0 Å². The Morgan fingerprint density at radius 3 is 1.67 bits per heavy atom. The number of rotatable bonds is 7. The Balaban J connectivity index is 1.01. The first-order valence-electron chi connectivity index (χ1n) is 20.8. The topological polar surface area (TPSA) is 8.17 Å². The highest BCUT2D eigenvalue weighted by Crippen LogP contribution is 2.47. The summed E-state index contributed by atoms with van der Waals surface area (Å²) in [7, 11) is 0. The van der Waals surface area contributed by atoms with E-state index in [-0.39, 0.29) is 0 Å². The summed E-state index contributed by atoms with van der Waals surface area (Å²) in [4.78, 5) is 2.44. The van der Waals surface area contributed by atoms with Gasteiger partial charge >= 0.3 is 0 Å². The molecule has 286 valence electrons. The van der Waals surface area contributed by atoms with Gasteiger partial charge < -0.3 is 9.47 Å². The van der Waals surface area contributed by atoms with Gasteiger partial charge in [0.1, 0.15) is 0 Å². The Kier molecular flexibility index (Phi) is 8.39. The lowest BCUT2D eigenvalue weighted by molar-refractivity contribution is 1.17. The average Bonchev–Trinajstić information content (AvgIpc) is 3.88. The van der Waals surface area contributed by atoms with Gasteiger partial charge in [0.25, 0.3) is 0 Å². The second kappa shape index (κ2) is 14.5. The predicted octanol–water partition coefficient (Wildman–Crippen LogP) is 16.8. The van der Waals surface area contributed by atoms with E-state index in [0.29, 0.717) is 0 Å². The minimum Gasteiger partial charge on any atom is -0.310 e. The van der Waals surface area contributed by atoms with E-state index in [0.717, 1.165) is 22.7 Å². The summed E-state index contributed by atoms with van der Waals surface area (Å²) < 4.78 is 5.00. The van der Waals surface area contributed by atoms with Gasteiger partial charge in [0.2, 0.25) is 0 Å². The Bertz CT molecular complexity index is 3530. The van der Waals surface area contributed by atoms with Crippen molar-refractivity contribution in [2.75, 3.05) is 4.90 Å². The van der Waals surface area contributed by atoms with Gasteiger partial charge in [-0.05, 0) is 99.3 Å². The Hall–Kier alpha value is -7.72. The van der Waals surface area contributed by atoms with Crippen molar-refractivity contribution in [2.45, 2.75) is 0 Å². The molecular formula is C58H38N2S. The summed E-state index contributed by atoms with van der Waals surface area (Å²) in [6, 6.07) is 84.2. The van der Waals surface area contributed by atoms with E-state index in [1.807, 2.05) is 11.3 Å². The van der Waals surface area contributed by atoms with Crippen LogP contribution in [0.2, 0.25) is 0 Å². The van der Waals surface area contributed by atoms with Gasteiger partial charge in [0, 0.05) is 53.6 Å². The molecule has 0 aliphatic rings. The highest BCUT2D eigenvalue weighted by atomic mass is 32.1. The first-order valence-corrected chi connectivity index (χ1v) is 21.7. The van der Waals surface area contributed by atoms with Crippen molar-refractivity contribution >= 4 is 81.1 Å². The maximum atomic E-state index is 2.44. The third kappa shape index (κ3) is 5.93. The molecule has 2 heterocycles. The lowest BCUT2D eigenvalue weighted by Crippen LogP contribution is -2.12. The Morgan fingerprint density at radius 2 is 0.885 bits per heavy atom. The van der Waals surface area contributed by atoms with Crippen LogP contribution >= 0.6 is 11.3 Å². The smallest absolute Gasteiger partial charge is 0.0541 e. The molecule has 10 aromatic carbocycles. The summed E-state index contributed by atoms with van der Waals surface area (Å²) >= 11 is 1.86. The quantitative estimate of drug-likeness (QED) is 0.156. The molecule has 2 nitrogen and oxygen atoms in total. The molecule has 0 saturated heterocycles. The molecule has 0 saturated carbocycles. The van der Waals surface area contributed by atoms with Gasteiger partial charge in [-0.2, -0.15) is 0 Å². The summed E-state index contributed by atoms with van der Waals surface area (Å²) in [6.07, 6.45) is 0. The van der Waals surface area contributed by atoms with E-state index in [4.69, 9.17) is 0 Å². The lowest BCUT2D eigenvalue weighted by atomic mass is 9.96. The summed E-state index contributed by atoms with van der Waals surface area (Å²) in [5.41, 5.74) is 14.1. The fraction of sp³-hybridized carbons (Fsp3) is 0. The number of anilines is 3. The van der Waals surface area contributed by atoms with Crippen LogP contribution in [0.4, 0.5) is 17.1 Å². The maximum Gasteiger partial charge on any atom is 0.0541 e. The van der Waals surface area contributed by atoms with Crippen molar-refractivity contribution in [3.63, 3.8) is 0 Å². The highest BCUT2D eigenvalue weighted by Gasteiger charge is 2.21. The molecule has 12 rings (SSSR count). The average molecular weight is 795 g/mol. The van der Waals surface area contributed by atoms with Gasteiger partial charge in [-0.15, -0.1) is 11.3 Å². The van der Waals surface area contributed by atoms with Crippen molar-refractivity contribution in [2.24, 2.45) is 0 Å².